The van der Waals surface area contributed by atoms with Crippen molar-refractivity contribution < 1.29 is 14.5 Å². The lowest BCUT2D eigenvalue weighted by Crippen LogP contribution is -2.87. The summed E-state index contributed by atoms with van der Waals surface area (Å²) in [5.41, 5.74) is 0.773. The van der Waals surface area contributed by atoms with E-state index in [0.717, 1.165) is 5.56 Å². The third-order valence-electron chi connectivity index (χ3n) is 2.84. The summed E-state index contributed by atoms with van der Waals surface area (Å²) in [7, 11) is 1.60. The fraction of sp³-hybridized carbons (Fsp3) is 0.308. The predicted octanol–water partition coefficient (Wildman–Crippen LogP) is 0.760. The van der Waals surface area contributed by atoms with Crippen molar-refractivity contribution in [1.29, 1.82) is 0 Å². The largest absolute Gasteiger partial charge is 0.415 e. The number of likely N-dealkylation sites (N-methyl/N-ethyl adjacent to an activating group) is 1. The normalized spacial score (nSPS) is 12.2. The first-order chi connectivity index (χ1) is 9.60. The number of nitrogens with zero attached hydrogens (tertiary/aromatic N) is 2. The van der Waals surface area contributed by atoms with Crippen molar-refractivity contribution >= 4 is 17.5 Å². The minimum atomic E-state index is -0.0901. The van der Waals surface area contributed by atoms with Gasteiger partial charge in [-0.15, -0.1) is 10.2 Å². The Balaban J connectivity index is 2.07. The number of nitrogens with one attached hydrogen (secondary N) is 1. The molecule has 0 aliphatic heterocycles. The number of nitrogens with two attached hydrogens (primary N) is 1. The Kier molecular flexibility index (Phi) is 4.70. The molecule has 1 aromatic carbocycles. The van der Waals surface area contributed by atoms with Gasteiger partial charge in [-0.2, -0.15) is 0 Å². The molecule has 1 atom stereocenters. The second-order valence-corrected chi connectivity index (χ2v) is 4.79. The van der Waals surface area contributed by atoms with Crippen molar-refractivity contribution in [2.45, 2.75) is 13.0 Å². The third kappa shape index (κ3) is 3.55. The smallest absolute Gasteiger partial charge is 0.274 e. The van der Waals surface area contributed by atoms with Crippen LogP contribution in [0.5, 0.6) is 0 Å². The lowest BCUT2D eigenvalue weighted by molar-refractivity contribution is -0.685. The van der Waals surface area contributed by atoms with Gasteiger partial charge in [0.2, 0.25) is 5.89 Å². The summed E-state index contributed by atoms with van der Waals surface area (Å²) in [5.74, 6) is 0.845. The van der Waals surface area contributed by atoms with Crippen molar-refractivity contribution in [1.82, 2.24) is 15.5 Å². The van der Waals surface area contributed by atoms with E-state index in [2.05, 4.69) is 15.5 Å². The molecule has 7 heteroatoms. The number of benzene rings is 1. The zero-order valence-electron chi connectivity index (χ0n) is 11.3. The lowest BCUT2D eigenvalue weighted by Gasteiger charge is -2.05. The average molecular weight is 296 g/mol. The molecule has 20 heavy (non-hydrogen) atoms. The Hall–Kier alpha value is -1.92. The van der Waals surface area contributed by atoms with Crippen molar-refractivity contribution in [3.05, 3.63) is 35.2 Å². The minimum absolute atomic E-state index is 0.0496. The third-order valence-corrected chi connectivity index (χ3v) is 3.07. The van der Waals surface area contributed by atoms with E-state index in [1.54, 1.807) is 19.2 Å². The molecule has 3 N–H and O–H groups in total. The molecule has 0 aliphatic rings. The Labute approximate surface area is 121 Å². The van der Waals surface area contributed by atoms with Gasteiger partial charge in [-0.25, -0.2) is 0 Å². The molecule has 1 heterocycles. The maximum Gasteiger partial charge on any atom is 0.274 e. The van der Waals surface area contributed by atoms with Gasteiger partial charge < -0.3 is 15.1 Å². The fourth-order valence-corrected chi connectivity index (χ4v) is 1.83. The van der Waals surface area contributed by atoms with Crippen LogP contribution in [0, 0.1) is 0 Å². The number of halogens is 1. The van der Waals surface area contributed by atoms with Gasteiger partial charge in [0.25, 0.3) is 11.8 Å². The van der Waals surface area contributed by atoms with E-state index < -0.39 is 0 Å². The van der Waals surface area contributed by atoms with Crippen LogP contribution in [-0.4, -0.2) is 29.7 Å². The van der Waals surface area contributed by atoms with Crippen LogP contribution in [0.4, 0.5) is 0 Å². The molecule has 1 amide bonds. The van der Waals surface area contributed by atoms with Crippen molar-refractivity contribution in [3.8, 4) is 11.5 Å². The molecule has 0 bridgehead atoms. The van der Waals surface area contributed by atoms with E-state index in [4.69, 9.17) is 16.0 Å². The Morgan fingerprint density at radius 1 is 1.50 bits per heavy atom. The van der Waals surface area contributed by atoms with Crippen molar-refractivity contribution in [2.24, 2.45) is 0 Å². The maximum atomic E-state index is 11.2. The van der Waals surface area contributed by atoms with E-state index in [9.17, 15) is 4.79 Å². The van der Waals surface area contributed by atoms with Crippen LogP contribution in [-0.2, 0) is 4.79 Å². The van der Waals surface area contributed by atoms with Gasteiger partial charge in [0.1, 0.15) is 0 Å². The summed E-state index contributed by atoms with van der Waals surface area (Å²) in [5, 5.41) is 13.0. The van der Waals surface area contributed by atoms with Gasteiger partial charge in [0.15, 0.2) is 12.6 Å². The van der Waals surface area contributed by atoms with Crippen LogP contribution >= 0.6 is 11.6 Å². The van der Waals surface area contributed by atoms with Crippen LogP contribution in [0.1, 0.15) is 18.9 Å². The molecular formula is C13H16ClN4O2+. The highest BCUT2D eigenvalue weighted by Crippen LogP contribution is 2.22. The number of amides is 1. The van der Waals surface area contributed by atoms with Crippen LogP contribution in [0.15, 0.2) is 28.7 Å². The number of hydrogen-bond acceptors (Lipinski definition) is 4. The Bertz CT molecular complexity index is 600. The standard InChI is InChI=1S/C13H15ClN4O2/c1-8(16-7-11(19)15-2)12-17-18-13(20-12)9-4-3-5-10(14)6-9/h3-6,8,16H,7H2,1-2H3,(H,15,19)/p+1/t8-/m0/s1. The monoisotopic (exact) mass is 295 g/mol. The van der Waals surface area contributed by atoms with E-state index in [1.165, 1.54) is 0 Å². The van der Waals surface area contributed by atoms with E-state index in [1.807, 2.05) is 24.4 Å². The van der Waals surface area contributed by atoms with E-state index in [0.29, 0.717) is 23.3 Å². The second kappa shape index (κ2) is 6.49. The van der Waals surface area contributed by atoms with Gasteiger partial charge >= 0.3 is 0 Å². The van der Waals surface area contributed by atoms with Gasteiger partial charge in [-0.3, -0.25) is 4.79 Å². The number of carbonyl (C=O) groups is 1. The fourth-order valence-electron chi connectivity index (χ4n) is 1.64. The van der Waals surface area contributed by atoms with E-state index >= 15 is 0 Å². The second-order valence-electron chi connectivity index (χ2n) is 4.36. The molecule has 0 radical (unpaired) electrons. The molecule has 0 spiro atoms. The highest BCUT2D eigenvalue weighted by atomic mass is 35.5. The molecule has 0 aliphatic carbocycles. The van der Waals surface area contributed by atoms with Crippen LogP contribution in [0.25, 0.3) is 11.5 Å². The van der Waals surface area contributed by atoms with Gasteiger partial charge in [-0.05, 0) is 25.1 Å². The molecule has 6 nitrogen and oxygen atoms in total. The topological polar surface area (TPSA) is 84.6 Å². The number of carbonyl (C=O) groups excluding carboxylic acids is 1. The van der Waals surface area contributed by atoms with Crippen molar-refractivity contribution in [3.63, 3.8) is 0 Å². The highest BCUT2D eigenvalue weighted by Gasteiger charge is 2.18. The number of hydrogen-bond donors (Lipinski definition) is 2. The number of quaternary nitrogens is 1. The lowest BCUT2D eigenvalue weighted by atomic mass is 10.2. The molecule has 106 valence electrons. The minimum Gasteiger partial charge on any atom is -0.415 e. The zero-order chi connectivity index (χ0) is 14.5. The SMILES string of the molecule is CNC(=O)C[NH2+][C@@H](C)c1nnc(-c2cccc(Cl)c2)o1. The zero-order valence-corrected chi connectivity index (χ0v) is 12.0. The summed E-state index contributed by atoms with van der Waals surface area (Å²) in [6.45, 7) is 2.21. The molecule has 0 fully saturated rings. The highest BCUT2D eigenvalue weighted by molar-refractivity contribution is 6.30. The van der Waals surface area contributed by atoms with Crippen LogP contribution in [0.2, 0.25) is 5.02 Å². The first kappa shape index (κ1) is 14.5. The van der Waals surface area contributed by atoms with Crippen molar-refractivity contribution in [2.75, 3.05) is 13.6 Å². The Morgan fingerprint density at radius 2 is 2.30 bits per heavy atom. The first-order valence-corrected chi connectivity index (χ1v) is 6.61. The number of aromatic nitrogens is 2. The molecule has 0 unspecified atom stereocenters. The van der Waals surface area contributed by atoms with Gasteiger partial charge in [0, 0.05) is 17.6 Å². The summed E-state index contributed by atoms with van der Waals surface area (Å²) >= 11 is 5.92. The summed E-state index contributed by atoms with van der Waals surface area (Å²) in [6.07, 6.45) is 0. The average Bonchev–Trinajstić information content (AvgIpc) is 2.94. The van der Waals surface area contributed by atoms with E-state index in [-0.39, 0.29) is 11.9 Å². The molecular weight excluding hydrogens is 280 g/mol. The molecule has 1 aromatic heterocycles. The first-order valence-electron chi connectivity index (χ1n) is 6.23. The quantitative estimate of drug-likeness (QED) is 0.853. The molecule has 0 saturated carbocycles. The molecule has 2 aromatic rings. The van der Waals surface area contributed by atoms with Gasteiger partial charge in [0.05, 0.1) is 0 Å². The maximum absolute atomic E-state index is 11.2. The van der Waals surface area contributed by atoms with Gasteiger partial charge in [-0.1, -0.05) is 17.7 Å². The Morgan fingerprint density at radius 3 is 3.00 bits per heavy atom. The number of rotatable bonds is 5. The predicted molar refractivity (Wildman–Crippen MR) is 74.0 cm³/mol. The molecule has 2 rings (SSSR count). The summed E-state index contributed by atoms with van der Waals surface area (Å²) < 4.78 is 5.61. The molecule has 0 saturated heterocycles. The summed E-state index contributed by atoms with van der Waals surface area (Å²) in [4.78, 5) is 11.2. The summed E-state index contributed by atoms with van der Waals surface area (Å²) in [6, 6.07) is 7.12. The van der Waals surface area contributed by atoms with Crippen LogP contribution < -0.4 is 10.6 Å². The van der Waals surface area contributed by atoms with Crippen LogP contribution in [0.3, 0.4) is 0 Å².